The van der Waals surface area contributed by atoms with Gasteiger partial charge in [-0.25, -0.2) is 8.78 Å². The summed E-state index contributed by atoms with van der Waals surface area (Å²) in [4.78, 5) is 20.7. The molecule has 1 unspecified atom stereocenters. The second kappa shape index (κ2) is 10.6. The van der Waals surface area contributed by atoms with Crippen molar-refractivity contribution < 1.29 is 31.5 Å². The lowest BCUT2D eigenvalue weighted by atomic mass is 10.1. The van der Waals surface area contributed by atoms with Crippen LogP contribution in [-0.2, 0) is 22.0 Å². The highest BCUT2D eigenvalue weighted by Gasteiger charge is 2.41. The SMILES string of the molecule is CC(F)(F)c1cccc(NC2=C3CC3C(=NCC(=O)NCc3ccccc3)NC(OCC(F)(F)F)=N2)c1. The van der Waals surface area contributed by atoms with Gasteiger partial charge >= 0.3 is 6.18 Å². The third-order valence-corrected chi connectivity index (χ3v) is 5.50. The molecule has 1 heterocycles. The van der Waals surface area contributed by atoms with Crippen molar-refractivity contribution in [1.82, 2.24) is 10.6 Å². The molecule has 1 fully saturated rings. The molecule has 1 atom stereocenters. The molecule has 1 aliphatic carbocycles. The molecule has 1 saturated carbocycles. The maximum atomic E-state index is 13.7. The summed E-state index contributed by atoms with van der Waals surface area (Å²) in [5.74, 6) is -3.38. The van der Waals surface area contributed by atoms with E-state index in [-0.39, 0.29) is 41.3 Å². The molecule has 0 spiro atoms. The van der Waals surface area contributed by atoms with Crippen molar-refractivity contribution in [2.24, 2.45) is 15.9 Å². The third kappa shape index (κ3) is 7.51. The number of nitrogens with one attached hydrogen (secondary N) is 3. The van der Waals surface area contributed by atoms with Gasteiger partial charge in [0.2, 0.25) is 5.91 Å². The van der Waals surface area contributed by atoms with E-state index < -0.39 is 24.7 Å². The number of ether oxygens (including phenoxy) is 1. The predicted octanol–water partition coefficient (Wildman–Crippen LogP) is 4.69. The van der Waals surface area contributed by atoms with E-state index in [1.165, 1.54) is 24.3 Å². The van der Waals surface area contributed by atoms with Gasteiger partial charge in [0.05, 0.1) is 0 Å². The standard InChI is InChI=1S/C25H24F5N5O2/c1-24(26,27)16-8-5-9-17(10-16)33-22-19-11-18(19)21(34-23(35-22)37-14-25(28,29)30)32-13-20(36)31-12-15-6-3-2-4-7-15/h2-10,18,33H,11-14H2,1H3,(H,31,36)(H,32,34,35). The molecule has 4 rings (SSSR count). The van der Waals surface area contributed by atoms with Crippen LogP contribution in [0.1, 0.15) is 24.5 Å². The number of fused-ring (bicyclic) bond motifs is 1. The lowest BCUT2D eigenvalue weighted by Gasteiger charge is -2.15. The molecule has 2 aromatic carbocycles. The zero-order valence-corrected chi connectivity index (χ0v) is 19.7. The minimum atomic E-state index is -4.62. The van der Waals surface area contributed by atoms with Crippen LogP contribution in [0, 0.1) is 5.92 Å². The lowest BCUT2D eigenvalue weighted by Crippen LogP contribution is -2.36. The van der Waals surface area contributed by atoms with E-state index in [1.54, 1.807) is 0 Å². The van der Waals surface area contributed by atoms with Crippen LogP contribution >= 0.6 is 0 Å². The number of amidine groups is 2. The van der Waals surface area contributed by atoms with Crippen LogP contribution in [0.3, 0.4) is 0 Å². The molecule has 3 N–H and O–H groups in total. The van der Waals surface area contributed by atoms with Gasteiger partial charge in [0.25, 0.3) is 11.9 Å². The molecule has 0 saturated heterocycles. The van der Waals surface area contributed by atoms with E-state index in [0.717, 1.165) is 12.5 Å². The smallest absolute Gasteiger partial charge is 0.422 e. The number of alkyl halides is 5. The molecule has 12 heteroatoms. The summed E-state index contributed by atoms with van der Waals surface area (Å²) in [5, 5.41) is 8.28. The Hall–Kier alpha value is -3.96. The Morgan fingerprint density at radius 3 is 2.59 bits per heavy atom. The van der Waals surface area contributed by atoms with E-state index in [4.69, 9.17) is 4.74 Å². The minimum Gasteiger partial charge on any atom is -0.455 e. The first-order valence-electron chi connectivity index (χ1n) is 11.4. The molecule has 0 radical (unpaired) electrons. The first kappa shape index (κ1) is 26.1. The monoisotopic (exact) mass is 521 g/mol. The molecule has 0 bridgehead atoms. The van der Waals surface area contributed by atoms with Gasteiger partial charge in [-0.05, 0) is 29.7 Å². The van der Waals surface area contributed by atoms with Crippen LogP contribution in [0.4, 0.5) is 27.6 Å². The molecule has 1 amide bonds. The fraction of sp³-hybridized carbons (Fsp3) is 0.320. The molecule has 1 aliphatic heterocycles. The summed E-state index contributed by atoms with van der Waals surface area (Å²) < 4.78 is 70.7. The Kier molecular flexibility index (Phi) is 7.46. The number of anilines is 1. The number of nitrogens with zero attached hydrogens (tertiary/aromatic N) is 2. The highest BCUT2D eigenvalue weighted by atomic mass is 19.4. The van der Waals surface area contributed by atoms with E-state index in [1.807, 2.05) is 30.3 Å². The highest BCUT2D eigenvalue weighted by Crippen LogP contribution is 2.43. The summed E-state index contributed by atoms with van der Waals surface area (Å²) in [7, 11) is 0. The first-order valence-corrected chi connectivity index (χ1v) is 11.4. The number of halogens is 5. The van der Waals surface area contributed by atoms with Gasteiger partial charge in [0.15, 0.2) is 6.61 Å². The molecular formula is C25H24F5N5O2. The van der Waals surface area contributed by atoms with Crippen LogP contribution in [0.2, 0.25) is 0 Å². The van der Waals surface area contributed by atoms with Crippen LogP contribution in [0.5, 0.6) is 0 Å². The maximum absolute atomic E-state index is 13.7. The second-order valence-electron chi connectivity index (χ2n) is 8.63. The van der Waals surface area contributed by atoms with Crippen molar-refractivity contribution >= 4 is 23.5 Å². The second-order valence-corrected chi connectivity index (χ2v) is 8.63. The number of carbonyl (C=O) groups is 1. The Balaban J connectivity index is 1.50. The average Bonchev–Trinajstić information content (AvgIpc) is 3.64. The summed E-state index contributed by atoms with van der Waals surface area (Å²) in [6.45, 7) is -0.797. The fourth-order valence-corrected chi connectivity index (χ4v) is 3.57. The Morgan fingerprint density at radius 1 is 1.14 bits per heavy atom. The van der Waals surface area contributed by atoms with Crippen molar-refractivity contribution in [2.75, 3.05) is 18.5 Å². The van der Waals surface area contributed by atoms with E-state index in [9.17, 15) is 26.7 Å². The van der Waals surface area contributed by atoms with E-state index in [2.05, 4.69) is 25.9 Å². The minimum absolute atomic E-state index is 0.171. The fourth-order valence-electron chi connectivity index (χ4n) is 3.57. The number of aliphatic imine (C=N–C) groups is 2. The summed E-state index contributed by atoms with van der Waals surface area (Å²) in [6.07, 6.45) is -4.14. The highest BCUT2D eigenvalue weighted by molar-refractivity contribution is 6.04. The van der Waals surface area contributed by atoms with Crippen molar-refractivity contribution in [3.63, 3.8) is 0 Å². The first-order chi connectivity index (χ1) is 17.5. The zero-order chi connectivity index (χ0) is 26.6. The molecule has 7 nitrogen and oxygen atoms in total. The maximum Gasteiger partial charge on any atom is 0.422 e. The van der Waals surface area contributed by atoms with E-state index in [0.29, 0.717) is 18.5 Å². The molecule has 2 aromatic rings. The normalized spacial score (nSPS) is 18.4. The molecule has 37 heavy (non-hydrogen) atoms. The molecule has 0 aromatic heterocycles. The molecule has 196 valence electrons. The Labute approximate surface area is 209 Å². The quantitative estimate of drug-likeness (QED) is 0.440. The Bertz CT molecular complexity index is 1240. The predicted molar refractivity (Wildman–Crippen MR) is 128 cm³/mol. The molecule has 2 aliphatic rings. The zero-order valence-electron chi connectivity index (χ0n) is 19.7. The largest absolute Gasteiger partial charge is 0.455 e. The number of benzene rings is 2. The van der Waals surface area contributed by atoms with Gasteiger partial charge in [-0.2, -0.15) is 18.2 Å². The van der Waals surface area contributed by atoms with Crippen molar-refractivity contribution in [3.05, 3.63) is 77.1 Å². The molecular weight excluding hydrogens is 497 g/mol. The van der Waals surface area contributed by atoms with Crippen LogP contribution in [-0.4, -0.2) is 37.1 Å². The third-order valence-electron chi connectivity index (χ3n) is 5.50. The van der Waals surface area contributed by atoms with Crippen molar-refractivity contribution in [2.45, 2.75) is 32.0 Å². The number of rotatable bonds is 8. The number of hydrogen-bond acceptors (Lipinski definition) is 5. The Morgan fingerprint density at radius 2 is 1.89 bits per heavy atom. The number of amides is 1. The topological polar surface area (TPSA) is 87.1 Å². The van der Waals surface area contributed by atoms with Crippen LogP contribution < -0.4 is 16.0 Å². The summed E-state index contributed by atoms with van der Waals surface area (Å²) in [6, 6.07) is 14.3. The van der Waals surface area contributed by atoms with Crippen molar-refractivity contribution in [3.8, 4) is 0 Å². The van der Waals surface area contributed by atoms with Crippen LogP contribution in [0.15, 0.2) is 76.0 Å². The van der Waals surface area contributed by atoms with Gasteiger partial charge in [-0.1, -0.05) is 42.5 Å². The summed E-state index contributed by atoms with van der Waals surface area (Å²) in [5.41, 5.74) is 1.64. The van der Waals surface area contributed by atoms with Gasteiger partial charge in [-0.15, -0.1) is 0 Å². The van der Waals surface area contributed by atoms with Crippen molar-refractivity contribution in [1.29, 1.82) is 0 Å². The van der Waals surface area contributed by atoms with Gasteiger partial charge in [0, 0.05) is 30.6 Å². The average molecular weight is 521 g/mol. The van der Waals surface area contributed by atoms with E-state index >= 15 is 0 Å². The van der Waals surface area contributed by atoms with Gasteiger partial charge in [-0.3, -0.25) is 15.1 Å². The van der Waals surface area contributed by atoms with Gasteiger partial charge < -0.3 is 15.4 Å². The van der Waals surface area contributed by atoms with Gasteiger partial charge in [0.1, 0.15) is 18.2 Å². The number of carbonyl (C=O) groups excluding carboxylic acids is 1. The lowest BCUT2D eigenvalue weighted by molar-refractivity contribution is -0.156. The number of hydrogen-bond donors (Lipinski definition) is 3. The summed E-state index contributed by atoms with van der Waals surface area (Å²) >= 11 is 0. The van der Waals surface area contributed by atoms with Crippen LogP contribution in [0.25, 0.3) is 0 Å².